The second-order valence-electron chi connectivity index (χ2n) is 5.99. The first-order chi connectivity index (χ1) is 8.20. The standard InChI is InChI=1S/C14H19FINO/c1-13(2)8-12(14(3,4)18-13)17-11-6-5-9(15)7-10(11)16/h5-7,12,17H,8H2,1-4H3. The highest BCUT2D eigenvalue weighted by atomic mass is 127. The van der Waals surface area contributed by atoms with Crippen molar-refractivity contribution in [3.63, 3.8) is 0 Å². The molecule has 1 atom stereocenters. The first kappa shape index (κ1) is 14.1. The van der Waals surface area contributed by atoms with Gasteiger partial charge in [0.25, 0.3) is 0 Å². The number of ether oxygens (including phenoxy) is 1. The van der Waals surface area contributed by atoms with Crippen LogP contribution < -0.4 is 5.32 Å². The molecule has 0 aromatic heterocycles. The largest absolute Gasteiger partial charge is 0.378 e. The molecule has 18 heavy (non-hydrogen) atoms. The van der Waals surface area contributed by atoms with Gasteiger partial charge < -0.3 is 10.1 Å². The van der Waals surface area contributed by atoms with Crippen LogP contribution in [0.3, 0.4) is 0 Å². The Balaban J connectivity index is 2.19. The molecule has 1 fully saturated rings. The number of anilines is 1. The topological polar surface area (TPSA) is 21.3 Å². The normalized spacial score (nSPS) is 25.1. The number of hydrogen-bond donors (Lipinski definition) is 1. The second kappa shape index (κ2) is 4.63. The Kier molecular flexibility index (Phi) is 3.62. The molecule has 100 valence electrons. The fourth-order valence-corrected chi connectivity index (χ4v) is 3.21. The van der Waals surface area contributed by atoms with Crippen molar-refractivity contribution in [2.75, 3.05) is 5.32 Å². The Morgan fingerprint density at radius 2 is 2.00 bits per heavy atom. The van der Waals surface area contributed by atoms with Crippen LogP contribution in [0.25, 0.3) is 0 Å². The summed E-state index contributed by atoms with van der Waals surface area (Å²) < 4.78 is 20.0. The van der Waals surface area contributed by atoms with E-state index in [9.17, 15) is 4.39 Å². The number of nitrogens with one attached hydrogen (secondary N) is 1. The number of rotatable bonds is 2. The van der Waals surface area contributed by atoms with Crippen molar-refractivity contribution in [2.24, 2.45) is 0 Å². The SMILES string of the molecule is CC1(C)CC(Nc2ccc(F)cc2I)C(C)(C)O1. The molecule has 1 heterocycles. The number of hydrogen-bond acceptors (Lipinski definition) is 2. The van der Waals surface area contributed by atoms with Gasteiger partial charge in [-0.3, -0.25) is 0 Å². The molecule has 1 aromatic carbocycles. The smallest absolute Gasteiger partial charge is 0.124 e. The van der Waals surface area contributed by atoms with E-state index in [0.717, 1.165) is 15.7 Å². The summed E-state index contributed by atoms with van der Waals surface area (Å²) >= 11 is 2.15. The summed E-state index contributed by atoms with van der Waals surface area (Å²) in [6, 6.07) is 5.04. The maximum atomic E-state index is 13.1. The molecular formula is C14H19FINO. The second-order valence-corrected chi connectivity index (χ2v) is 7.15. The Bertz CT molecular complexity index is 459. The van der Waals surface area contributed by atoms with Gasteiger partial charge in [0, 0.05) is 9.26 Å². The van der Waals surface area contributed by atoms with E-state index in [0.29, 0.717) is 0 Å². The van der Waals surface area contributed by atoms with Gasteiger partial charge in [0.15, 0.2) is 0 Å². The molecule has 2 rings (SSSR count). The molecule has 0 bridgehead atoms. The van der Waals surface area contributed by atoms with Gasteiger partial charge in [-0.15, -0.1) is 0 Å². The van der Waals surface area contributed by atoms with Crippen molar-refractivity contribution < 1.29 is 9.13 Å². The number of benzene rings is 1. The summed E-state index contributed by atoms with van der Waals surface area (Å²) in [6.45, 7) is 8.39. The minimum Gasteiger partial charge on any atom is -0.378 e. The van der Waals surface area contributed by atoms with Gasteiger partial charge in [-0.25, -0.2) is 4.39 Å². The Labute approximate surface area is 121 Å². The van der Waals surface area contributed by atoms with Crippen molar-refractivity contribution in [3.05, 3.63) is 27.6 Å². The zero-order chi connectivity index (χ0) is 13.6. The Morgan fingerprint density at radius 3 is 2.50 bits per heavy atom. The lowest BCUT2D eigenvalue weighted by molar-refractivity contribution is -0.0662. The number of halogens is 2. The van der Waals surface area contributed by atoms with Crippen molar-refractivity contribution in [3.8, 4) is 0 Å². The molecule has 1 aliphatic heterocycles. The molecule has 0 amide bonds. The molecule has 0 aliphatic carbocycles. The third kappa shape index (κ3) is 2.96. The van der Waals surface area contributed by atoms with E-state index >= 15 is 0 Å². The summed E-state index contributed by atoms with van der Waals surface area (Å²) in [6.07, 6.45) is 0.938. The molecular weight excluding hydrogens is 344 g/mol. The zero-order valence-corrected chi connectivity index (χ0v) is 13.3. The van der Waals surface area contributed by atoms with Crippen LogP contribution in [0.4, 0.5) is 10.1 Å². The first-order valence-corrected chi connectivity index (χ1v) is 7.19. The van der Waals surface area contributed by atoms with Gasteiger partial charge >= 0.3 is 0 Å². The highest BCUT2D eigenvalue weighted by Gasteiger charge is 2.45. The van der Waals surface area contributed by atoms with Gasteiger partial charge in [0.05, 0.1) is 17.2 Å². The van der Waals surface area contributed by atoms with Crippen molar-refractivity contribution in [1.82, 2.24) is 0 Å². The molecule has 1 saturated heterocycles. The van der Waals surface area contributed by atoms with Gasteiger partial charge in [0.2, 0.25) is 0 Å². The lowest BCUT2D eigenvalue weighted by Crippen LogP contribution is -2.38. The molecule has 0 saturated carbocycles. The Hall–Kier alpha value is -0.360. The van der Waals surface area contributed by atoms with Crippen LogP contribution in [0.1, 0.15) is 34.1 Å². The molecule has 4 heteroatoms. The van der Waals surface area contributed by atoms with Crippen LogP contribution in [0.5, 0.6) is 0 Å². The van der Waals surface area contributed by atoms with Gasteiger partial charge in [-0.05, 0) is 74.9 Å². The van der Waals surface area contributed by atoms with Crippen molar-refractivity contribution in [1.29, 1.82) is 0 Å². The lowest BCUT2D eigenvalue weighted by Gasteiger charge is -2.28. The minimum absolute atomic E-state index is 0.118. The van der Waals surface area contributed by atoms with Gasteiger partial charge in [0.1, 0.15) is 5.82 Å². The highest BCUT2D eigenvalue weighted by Crippen LogP contribution is 2.39. The van der Waals surface area contributed by atoms with E-state index in [1.165, 1.54) is 12.1 Å². The van der Waals surface area contributed by atoms with E-state index in [-0.39, 0.29) is 23.1 Å². The summed E-state index contributed by atoms with van der Waals surface area (Å²) in [5, 5.41) is 3.48. The van der Waals surface area contributed by atoms with E-state index in [4.69, 9.17) is 4.74 Å². The summed E-state index contributed by atoms with van der Waals surface area (Å²) in [4.78, 5) is 0. The third-order valence-corrected chi connectivity index (χ3v) is 4.23. The predicted molar refractivity (Wildman–Crippen MR) is 80.4 cm³/mol. The summed E-state index contributed by atoms with van der Waals surface area (Å²) in [5.74, 6) is -0.202. The van der Waals surface area contributed by atoms with E-state index in [2.05, 4.69) is 55.6 Å². The summed E-state index contributed by atoms with van der Waals surface area (Å²) in [7, 11) is 0. The summed E-state index contributed by atoms with van der Waals surface area (Å²) in [5.41, 5.74) is 0.629. The lowest BCUT2D eigenvalue weighted by atomic mass is 9.94. The van der Waals surface area contributed by atoms with E-state index in [1.54, 1.807) is 6.07 Å². The quantitative estimate of drug-likeness (QED) is 0.796. The highest BCUT2D eigenvalue weighted by molar-refractivity contribution is 14.1. The average molecular weight is 363 g/mol. The van der Waals surface area contributed by atoms with Gasteiger partial charge in [-0.2, -0.15) is 0 Å². The molecule has 1 unspecified atom stereocenters. The maximum absolute atomic E-state index is 13.1. The molecule has 0 radical (unpaired) electrons. The first-order valence-electron chi connectivity index (χ1n) is 6.11. The average Bonchev–Trinajstić information content (AvgIpc) is 2.39. The van der Waals surface area contributed by atoms with Crippen molar-refractivity contribution >= 4 is 28.3 Å². The van der Waals surface area contributed by atoms with Gasteiger partial charge in [-0.1, -0.05) is 0 Å². The molecule has 0 spiro atoms. The van der Waals surface area contributed by atoms with E-state index < -0.39 is 0 Å². The van der Waals surface area contributed by atoms with Crippen LogP contribution >= 0.6 is 22.6 Å². The molecule has 1 aromatic rings. The Morgan fingerprint density at radius 1 is 1.33 bits per heavy atom. The van der Waals surface area contributed by atoms with Crippen molar-refractivity contribution in [2.45, 2.75) is 51.4 Å². The van der Waals surface area contributed by atoms with Crippen LogP contribution in [0.15, 0.2) is 18.2 Å². The predicted octanol–water partition coefficient (Wildman–Crippen LogP) is 4.19. The molecule has 1 aliphatic rings. The molecule has 2 nitrogen and oxygen atoms in total. The fraction of sp³-hybridized carbons (Fsp3) is 0.571. The monoisotopic (exact) mass is 363 g/mol. The van der Waals surface area contributed by atoms with E-state index in [1.807, 2.05) is 0 Å². The maximum Gasteiger partial charge on any atom is 0.124 e. The fourth-order valence-electron chi connectivity index (χ4n) is 2.58. The minimum atomic E-state index is -0.221. The third-order valence-electron chi connectivity index (χ3n) is 3.34. The van der Waals surface area contributed by atoms with Crippen LogP contribution in [-0.2, 0) is 4.74 Å². The van der Waals surface area contributed by atoms with Crippen LogP contribution in [0.2, 0.25) is 0 Å². The van der Waals surface area contributed by atoms with Crippen LogP contribution in [-0.4, -0.2) is 17.2 Å². The zero-order valence-electron chi connectivity index (χ0n) is 11.2. The molecule has 1 N–H and O–H groups in total. The van der Waals surface area contributed by atoms with Crippen LogP contribution in [0, 0.1) is 9.39 Å².